The van der Waals surface area contributed by atoms with Crippen molar-refractivity contribution in [3.63, 3.8) is 0 Å². The van der Waals surface area contributed by atoms with Crippen LogP contribution in [0.2, 0.25) is 0 Å². The average Bonchev–Trinajstić information content (AvgIpc) is 1.80. The van der Waals surface area contributed by atoms with Crippen LogP contribution in [0.5, 0.6) is 0 Å². The second-order valence-corrected chi connectivity index (χ2v) is 3.45. The Labute approximate surface area is 63.9 Å². The van der Waals surface area contributed by atoms with E-state index in [2.05, 4.69) is 32.7 Å². The van der Waals surface area contributed by atoms with Crippen molar-refractivity contribution < 1.29 is 0 Å². The molecule has 0 saturated heterocycles. The Morgan fingerprint density at radius 3 is 2.10 bits per heavy atom. The van der Waals surface area contributed by atoms with E-state index in [-0.39, 0.29) is 5.41 Å². The first-order valence-electron chi connectivity index (χ1n) is 3.64. The van der Waals surface area contributed by atoms with Crippen LogP contribution in [0.1, 0.15) is 34.6 Å². The van der Waals surface area contributed by atoms with Crippen molar-refractivity contribution in [3.8, 4) is 0 Å². The van der Waals surface area contributed by atoms with Crippen LogP contribution in [-0.4, -0.2) is 5.71 Å². The van der Waals surface area contributed by atoms with Gasteiger partial charge in [0.1, 0.15) is 0 Å². The summed E-state index contributed by atoms with van der Waals surface area (Å²) in [5.41, 5.74) is 1.38. The van der Waals surface area contributed by atoms with E-state index < -0.39 is 0 Å². The highest BCUT2D eigenvalue weighted by Gasteiger charge is 2.12. The van der Waals surface area contributed by atoms with Crippen molar-refractivity contribution in [3.05, 3.63) is 12.3 Å². The summed E-state index contributed by atoms with van der Waals surface area (Å²) in [6.07, 6.45) is 3.77. The normalized spacial score (nSPS) is 14.7. The fourth-order valence-corrected chi connectivity index (χ4v) is 0.380. The van der Waals surface area contributed by atoms with E-state index in [1.807, 2.05) is 19.2 Å². The van der Waals surface area contributed by atoms with Gasteiger partial charge in [-0.25, -0.2) is 0 Å². The van der Waals surface area contributed by atoms with Crippen molar-refractivity contribution in [1.82, 2.24) is 0 Å². The van der Waals surface area contributed by atoms with Gasteiger partial charge in [0.25, 0.3) is 0 Å². The van der Waals surface area contributed by atoms with E-state index in [0.29, 0.717) is 0 Å². The van der Waals surface area contributed by atoms with Gasteiger partial charge in [0.05, 0.1) is 0 Å². The highest BCUT2D eigenvalue weighted by Crippen LogP contribution is 2.15. The zero-order valence-corrected chi connectivity index (χ0v) is 7.60. The van der Waals surface area contributed by atoms with Crippen molar-refractivity contribution in [1.29, 1.82) is 0 Å². The minimum absolute atomic E-state index is 0.208. The summed E-state index contributed by atoms with van der Waals surface area (Å²) >= 11 is 0. The summed E-state index contributed by atoms with van der Waals surface area (Å²) in [6, 6.07) is 0. The van der Waals surface area contributed by atoms with Crippen molar-refractivity contribution in [2.24, 2.45) is 10.4 Å². The number of hydrogen-bond acceptors (Lipinski definition) is 1. The molecule has 0 aliphatic rings. The van der Waals surface area contributed by atoms with Crippen LogP contribution < -0.4 is 0 Å². The third kappa shape index (κ3) is 3.44. The molecule has 0 amide bonds. The summed E-state index contributed by atoms with van der Waals surface area (Å²) in [5, 5.41) is 0. The van der Waals surface area contributed by atoms with Gasteiger partial charge in [-0.05, 0) is 19.3 Å². The van der Waals surface area contributed by atoms with Crippen LogP contribution in [0.3, 0.4) is 0 Å². The lowest BCUT2D eigenvalue weighted by molar-refractivity contribution is 0.588. The lowest BCUT2D eigenvalue weighted by atomic mass is 9.91. The molecule has 0 aliphatic carbocycles. The van der Waals surface area contributed by atoms with Gasteiger partial charge in [0.2, 0.25) is 0 Å². The minimum atomic E-state index is 0.208. The zero-order valence-electron chi connectivity index (χ0n) is 7.60. The Bertz CT molecular complexity index is 147. The molecule has 0 saturated carbocycles. The number of allylic oxidation sites excluding steroid dienone is 1. The van der Waals surface area contributed by atoms with E-state index in [0.717, 1.165) is 0 Å². The van der Waals surface area contributed by atoms with E-state index in [9.17, 15) is 0 Å². The Kier molecular flexibility index (Phi) is 3.34. The van der Waals surface area contributed by atoms with E-state index in [1.54, 1.807) is 0 Å². The van der Waals surface area contributed by atoms with Gasteiger partial charge in [-0.3, -0.25) is 4.99 Å². The molecule has 0 fully saturated rings. The van der Waals surface area contributed by atoms with Crippen LogP contribution in [-0.2, 0) is 0 Å². The second kappa shape index (κ2) is 3.55. The van der Waals surface area contributed by atoms with E-state index in [4.69, 9.17) is 0 Å². The molecule has 0 aromatic rings. The molecule has 0 bridgehead atoms. The van der Waals surface area contributed by atoms with Crippen molar-refractivity contribution in [2.45, 2.75) is 34.6 Å². The van der Waals surface area contributed by atoms with Gasteiger partial charge in [0.15, 0.2) is 0 Å². The van der Waals surface area contributed by atoms with Crippen LogP contribution >= 0.6 is 0 Å². The second-order valence-electron chi connectivity index (χ2n) is 3.45. The molecule has 0 aromatic carbocycles. The molecule has 0 unspecified atom stereocenters. The van der Waals surface area contributed by atoms with Gasteiger partial charge >= 0.3 is 0 Å². The van der Waals surface area contributed by atoms with Crippen molar-refractivity contribution in [2.75, 3.05) is 0 Å². The maximum Gasteiger partial charge on any atom is 0.0224 e. The zero-order chi connectivity index (χ0) is 8.20. The number of hydrogen-bond donors (Lipinski definition) is 0. The molecule has 0 atom stereocenters. The first-order valence-corrected chi connectivity index (χ1v) is 3.64. The van der Waals surface area contributed by atoms with E-state index in [1.165, 1.54) is 5.71 Å². The molecule has 1 nitrogen and oxygen atoms in total. The molecule has 1 heteroatoms. The maximum atomic E-state index is 4.25. The first-order chi connectivity index (χ1) is 4.48. The van der Waals surface area contributed by atoms with Gasteiger partial charge in [-0.15, -0.1) is 0 Å². The number of rotatable bonds is 1. The summed E-state index contributed by atoms with van der Waals surface area (Å²) in [4.78, 5) is 4.25. The third-order valence-electron chi connectivity index (χ3n) is 1.50. The highest BCUT2D eigenvalue weighted by molar-refractivity contribution is 5.87. The lowest BCUT2D eigenvalue weighted by Gasteiger charge is -2.16. The molecule has 58 valence electrons. The van der Waals surface area contributed by atoms with Crippen LogP contribution in [0.4, 0.5) is 0 Å². The quantitative estimate of drug-likeness (QED) is 0.495. The molecule has 10 heavy (non-hydrogen) atoms. The number of nitrogens with zero attached hydrogens (tertiary/aromatic N) is 1. The van der Waals surface area contributed by atoms with Crippen LogP contribution in [0.15, 0.2) is 17.3 Å². The number of aliphatic imine (C=N–C) groups is 1. The van der Waals surface area contributed by atoms with Gasteiger partial charge in [-0.1, -0.05) is 26.8 Å². The summed E-state index contributed by atoms with van der Waals surface area (Å²) < 4.78 is 0. The fourth-order valence-electron chi connectivity index (χ4n) is 0.380. The lowest BCUT2D eigenvalue weighted by Crippen LogP contribution is -2.16. The third-order valence-corrected chi connectivity index (χ3v) is 1.50. The fraction of sp³-hybridized carbons (Fsp3) is 0.667. The molecule has 0 radical (unpaired) electrons. The largest absolute Gasteiger partial charge is 0.266 e. The maximum absolute atomic E-state index is 4.25. The first kappa shape index (κ1) is 9.41. The summed E-state index contributed by atoms with van der Waals surface area (Å²) in [6.45, 7) is 10.5. The molecule has 0 N–H and O–H groups in total. The van der Waals surface area contributed by atoms with E-state index >= 15 is 0 Å². The molecular weight excluding hydrogens is 122 g/mol. The average molecular weight is 139 g/mol. The van der Waals surface area contributed by atoms with Crippen molar-refractivity contribution >= 4 is 5.71 Å². The highest BCUT2D eigenvalue weighted by atomic mass is 14.7. The Balaban J connectivity index is 4.20. The Morgan fingerprint density at radius 1 is 1.30 bits per heavy atom. The summed E-state index contributed by atoms with van der Waals surface area (Å²) in [5.74, 6) is 0. The van der Waals surface area contributed by atoms with Gasteiger partial charge < -0.3 is 0 Å². The van der Waals surface area contributed by atoms with Gasteiger partial charge in [0, 0.05) is 11.9 Å². The summed E-state index contributed by atoms with van der Waals surface area (Å²) in [7, 11) is 0. The SMILES string of the molecule is C/C=C\N=C(C)C(C)(C)C. The predicted octanol–water partition coefficient (Wildman–Crippen LogP) is 3.03. The predicted molar refractivity (Wildman–Crippen MR) is 47.4 cm³/mol. The monoisotopic (exact) mass is 139 g/mol. The topological polar surface area (TPSA) is 12.4 Å². The Morgan fingerprint density at radius 2 is 1.80 bits per heavy atom. The van der Waals surface area contributed by atoms with Gasteiger partial charge in [-0.2, -0.15) is 0 Å². The standard InChI is InChI=1S/C9H17N/c1-6-7-10-8(2)9(3,4)5/h6-7H,1-5H3/b7-6-,10-8?. The Hall–Kier alpha value is -0.590. The molecule has 0 aliphatic heterocycles. The van der Waals surface area contributed by atoms with Crippen LogP contribution in [0, 0.1) is 5.41 Å². The molecular formula is C9H17N. The smallest absolute Gasteiger partial charge is 0.0224 e. The molecule has 0 heterocycles. The molecule has 0 rings (SSSR count). The molecule has 0 aromatic heterocycles. The minimum Gasteiger partial charge on any atom is -0.266 e. The van der Waals surface area contributed by atoms with Crippen LogP contribution in [0.25, 0.3) is 0 Å². The molecule has 0 spiro atoms.